The van der Waals surface area contributed by atoms with Gasteiger partial charge in [0.05, 0.1) is 6.61 Å². The minimum Gasteiger partial charge on any atom is -0.394 e. The van der Waals surface area contributed by atoms with Gasteiger partial charge in [0, 0.05) is 12.1 Å². The normalized spacial score (nSPS) is 12.1. The molecule has 0 amide bonds. The van der Waals surface area contributed by atoms with E-state index in [2.05, 4.69) is 49.9 Å². The highest BCUT2D eigenvalue weighted by Crippen LogP contribution is 2.16. The van der Waals surface area contributed by atoms with Crippen LogP contribution in [0.5, 0.6) is 0 Å². The van der Waals surface area contributed by atoms with Gasteiger partial charge in [-0.3, -0.25) is 4.90 Å². The quantitative estimate of drug-likeness (QED) is 0.800. The van der Waals surface area contributed by atoms with E-state index in [0.29, 0.717) is 0 Å². The Bertz CT molecular complexity index is 282. The van der Waals surface area contributed by atoms with Crippen molar-refractivity contribution in [2.24, 2.45) is 0 Å². The van der Waals surface area contributed by atoms with Crippen molar-refractivity contribution < 1.29 is 5.11 Å². The predicted octanol–water partition coefficient (Wildman–Crippen LogP) is 2.28. The summed E-state index contributed by atoms with van der Waals surface area (Å²) >= 11 is 0. The average Bonchev–Trinajstić information content (AvgIpc) is 2.27. The van der Waals surface area contributed by atoms with Gasteiger partial charge in [0.25, 0.3) is 0 Å². The van der Waals surface area contributed by atoms with Crippen molar-refractivity contribution in [3.05, 3.63) is 35.9 Å². The van der Waals surface area contributed by atoms with Crippen LogP contribution >= 0.6 is 0 Å². The van der Waals surface area contributed by atoms with Gasteiger partial charge < -0.3 is 5.11 Å². The molecule has 0 heterocycles. The molecule has 0 fully saturated rings. The molecule has 0 aliphatic rings. The molecule has 0 aliphatic carbocycles. The Morgan fingerprint density at radius 2 is 1.80 bits per heavy atom. The molecule has 2 heteroatoms. The van der Waals surface area contributed by atoms with Crippen LogP contribution in [0.4, 0.5) is 0 Å². The van der Waals surface area contributed by atoms with Gasteiger partial charge in [0.15, 0.2) is 0 Å². The Hall–Kier alpha value is -0.860. The molecular formula is C13H21NO. The van der Waals surface area contributed by atoms with Crippen LogP contribution in [-0.4, -0.2) is 28.7 Å². The molecule has 0 aliphatic heterocycles. The van der Waals surface area contributed by atoms with Crippen LogP contribution in [0, 0.1) is 0 Å². The smallest absolute Gasteiger partial charge is 0.0610 e. The summed E-state index contributed by atoms with van der Waals surface area (Å²) in [6, 6.07) is 10.4. The maximum absolute atomic E-state index is 9.33. The summed E-state index contributed by atoms with van der Waals surface area (Å²) in [6.07, 6.45) is 0. The summed E-state index contributed by atoms with van der Waals surface area (Å²) in [7, 11) is 0. The van der Waals surface area contributed by atoms with Crippen LogP contribution in [0.2, 0.25) is 0 Å². The molecule has 0 saturated carbocycles. The van der Waals surface area contributed by atoms with Gasteiger partial charge in [0.2, 0.25) is 0 Å². The highest BCUT2D eigenvalue weighted by atomic mass is 16.3. The van der Waals surface area contributed by atoms with Gasteiger partial charge in [-0.25, -0.2) is 0 Å². The van der Waals surface area contributed by atoms with E-state index in [4.69, 9.17) is 0 Å². The SMILES string of the molecule is CCN(Cc1ccccc1)C(C)(C)CO. The van der Waals surface area contributed by atoms with Crippen molar-refractivity contribution in [3.63, 3.8) is 0 Å². The van der Waals surface area contributed by atoms with Gasteiger partial charge in [-0.05, 0) is 26.0 Å². The second kappa shape index (κ2) is 5.29. The van der Waals surface area contributed by atoms with E-state index in [-0.39, 0.29) is 12.1 Å². The summed E-state index contributed by atoms with van der Waals surface area (Å²) in [5.41, 5.74) is 1.14. The minimum absolute atomic E-state index is 0.148. The van der Waals surface area contributed by atoms with E-state index >= 15 is 0 Å². The molecule has 0 radical (unpaired) electrons. The van der Waals surface area contributed by atoms with Crippen molar-refractivity contribution in [2.45, 2.75) is 32.9 Å². The second-order valence-corrected chi connectivity index (χ2v) is 4.47. The van der Waals surface area contributed by atoms with Gasteiger partial charge in [-0.15, -0.1) is 0 Å². The van der Waals surface area contributed by atoms with Crippen LogP contribution < -0.4 is 0 Å². The average molecular weight is 207 g/mol. The fourth-order valence-electron chi connectivity index (χ4n) is 1.66. The lowest BCUT2D eigenvalue weighted by atomic mass is 10.0. The number of benzene rings is 1. The van der Waals surface area contributed by atoms with Crippen molar-refractivity contribution in [3.8, 4) is 0 Å². The molecule has 1 aromatic carbocycles. The van der Waals surface area contributed by atoms with Crippen molar-refractivity contribution in [2.75, 3.05) is 13.2 Å². The van der Waals surface area contributed by atoms with Crippen molar-refractivity contribution in [1.82, 2.24) is 4.90 Å². The highest BCUT2D eigenvalue weighted by Gasteiger charge is 2.24. The lowest BCUT2D eigenvalue weighted by Gasteiger charge is -2.36. The molecule has 0 spiro atoms. The molecule has 0 bridgehead atoms. The van der Waals surface area contributed by atoms with Gasteiger partial charge in [0.1, 0.15) is 0 Å². The Morgan fingerprint density at radius 3 is 2.27 bits per heavy atom. The molecule has 1 aromatic rings. The molecule has 0 aromatic heterocycles. The third-order valence-electron chi connectivity index (χ3n) is 2.84. The maximum atomic E-state index is 9.33. The molecule has 15 heavy (non-hydrogen) atoms. The Labute approximate surface area is 92.5 Å². The number of hydrogen-bond acceptors (Lipinski definition) is 2. The third-order valence-corrected chi connectivity index (χ3v) is 2.84. The molecular weight excluding hydrogens is 186 g/mol. The van der Waals surface area contributed by atoms with E-state index in [0.717, 1.165) is 13.1 Å². The fraction of sp³-hybridized carbons (Fsp3) is 0.538. The Kier molecular flexibility index (Phi) is 4.30. The largest absolute Gasteiger partial charge is 0.394 e. The number of aliphatic hydroxyl groups excluding tert-OH is 1. The molecule has 0 atom stereocenters. The molecule has 84 valence electrons. The van der Waals surface area contributed by atoms with Crippen LogP contribution in [0.3, 0.4) is 0 Å². The van der Waals surface area contributed by atoms with E-state index in [9.17, 15) is 5.11 Å². The van der Waals surface area contributed by atoms with Crippen LogP contribution in [0.1, 0.15) is 26.3 Å². The van der Waals surface area contributed by atoms with E-state index in [1.807, 2.05) is 6.07 Å². The van der Waals surface area contributed by atoms with Crippen LogP contribution in [0.25, 0.3) is 0 Å². The van der Waals surface area contributed by atoms with Gasteiger partial charge in [-0.1, -0.05) is 37.3 Å². The summed E-state index contributed by atoms with van der Waals surface area (Å²) in [5.74, 6) is 0. The molecule has 1 N–H and O–H groups in total. The van der Waals surface area contributed by atoms with Crippen molar-refractivity contribution in [1.29, 1.82) is 0 Å². The first-order valence-corrected chi connectivity index (χ1v) is 5.50. The summed E-state index contributed by atoms with van der Waals surface area (Å²) in [4.78, 5) is 2.28. The number of aliphatic hydroxyl groups is 1. The monoisotopic (exact) mass is 207 g/mol. The van der Waals surface area contributed by atoms with E-state index < -0.39 is 0 Å². The highest BCUT2D eigenvalue weighted by molar-refractivity contribution is 5.14. The number of rotatable bonds is 5. The lowest BCUT2D eigenvalue weighted by molar-refractivity contribution is 0.0551. The van der Waals surface area contributed by atoms with E-state index in [1.165, 1.54) is 5.56 Å². The van der Waals surface area contributed by atoms with Gasteiger partial charge in [-0.2, -0.15) is 0 Å². The lowest BCUT2D eigenvalue weighted by Crippen LogP contribution is -2.46. The van der Waals surface area contributed by atoms with E-state index in [1.54, 1.807) is 0 Å². The van der Waals surface area contributed by atoms with Gasteiger partial charge >= 0.3 is 0 Å². The summed E-state index contributed by atoms with van der Waals surface area (Å²) < 4.78 is 0. The zero-order valence-corrected chi connectivity index (χ0v) is 9.90. The number of hydrogen-bond donors (Lipinski definition) is 1. The first-order valence-electron chi connectivity index (χ1n) is 5.50. The maximum Gasteiger partial charge on any atom is 0.0610 e. The van der Waals surface area contributed by atoms with Crippen molar-refractivity contribution >= 4 is 0 Å². The summed E-state index contributed by atoms with van der Waals surface area (Å²) in [5, 5.41) is 9.33. The summed E-state index contributed by atoms with van der Waals surface area (Å²) in [6.45, 7) is 8.29. The van der Waals surface area contributed by atoms with Crippen LogP contribution in [0.15, 0.2) is 30.3 Å². The standard InChI is InChI=1S/C13H21NO/c1-4-14(13(2,3)11-15)10-12-8-6-5-7-9-12/h5-9,15H,4,10-11H2,1-3H3. The molecule has 0 saturated heterocycles. The Morgan fingerprint density at radius 1 is 1.20 bits per heavy atom. The third kappa shape index (κ3) is 3.33. The fourth-order valence-corrected chi connectivity index (χ4v) is 1.66. The molecule has 2 nitrogen and oxygen atoms in total. The topological polar surface area (TPSA) is 23.5 Å². The predicted molar refractivity (Wildman–Crippen MR) is 63.7 cm³/mol. The number of likely N-dealkylation sites (N-methyl/N-ethyl adjacent to an activating group) is 1. The first kappa shape index (κ1) is 12.2. The number of nitrogens with zero attached hydrogens (tertiary/aromatic N) is 1. The zero-order valence-electron chi connectivity index (χ0n) is 9.90. The molecule has 0 unspecified atom stereocenters. The first-order chi connectivity index (χ1) is 7.10. The Balaban J connectivity index is 2.70. The zero-order chi connectivity index (χ0) is 11.3. The van der Waals surface area contributed by atoms with Crippen LogP contribution in [-0.2, 0) is 6.54 Å². The molecule has 1 rings (SSSR count). The minimum atomic E-state index is -0.148. The second-order valence-electron chi connectivity index (χ2n) is 4.47.